The number of Topliss-reactive ketones (excluding diaryl/α,β-unsaturated/α-hetero) is 1. The molecular formula is C24H26N4O4. The van der Waals surface area contributed by atoms with Crippen LogP contribution in [0, 0.1) is 5.92 Å². The van der Waals surface area contributed by atoms with Gasteiger partial charge in [-0.3, -0.25) is 9.59 Å². The predicted molar refractivity (Wildman–Crippen MR) is 118 cm³/mol. The van der Waals surface area contributed by atoms with Gasteiger partial charge in [-0.25, -0.2) is 4.68 Å². The SMILES string of the molecule is COc1ccc2c(c1)OC1(CCN(C(=O)[C@H](C)Cn3nnc4ccccc43)CC1)CC2=O. The number of carbonyl (C=O) groups excluding carboxylic acids is 2. The monoisotopic (exact) mass is 434 g/mol. The molecule has 5 rings (SSSR count). The molecule has 0 bridgehead atoms. The van der Waals surface area contributed by atoms with Crippen LogP contribution in [0.2, 0.25) is 0 Å². The van der Waals surface area contributed by atoms with Gasteiger partial charge in [0.15, 0.2) is 5.78 Å². The third-order valence-corrected chi connectivity index (χ3v) is 6.57. The van der Waals surface area contributed by atoms with Crippen molar-refractivity contribution >= 4 is 22.7 Å². The molecule has 1 amide bonds. The fraction of sp³-hybridized carbons (Fsp3) is 0.417. The lowest BCUT2D eigenvalue weighted by molar-refractivity contribution is -0.139. The number of hydrogen-bond acceptors (Lipinski definition) is 6. The minimum Gasteiger partial charge on any atom is -0.497 e. The molecule has 1 atom stereocenters. The lowest BCUT2D eigenvalue weighted by Crippen LogP contribution is -2.53. The second kappa shape index (κ2) is 7.93. The van der Waals surface area contributed by atoms with Crippen molar-refractivity contribution in [1.29, 1.82) is 0 Å². The van der Waals surface area contributed by atoms with Gasteiger partial charge in [0.2, 0.25) is 5.91 Å². The Kier molecular flexibility index (Phi) is 5.07. The third kappa shape index (κ3) is 3.59. The summed E-state index contributed by atoms with van der Waals surface area (Å²) in [4.78, 5) is 27.7. The second-order valence-corrected chi connectivity index (χ2v) is 8.73. The van der Waals surface area contributed by atoms with Gasteiger partial charge in [-0.15, -0.1) is 5.10 Å². The predicted octanol–water partition coefficient (Wildman–Crippen LogP) is 3.10. The van der Waals surface area contributed by atoms with Crippen LogP contribution in [-0.4, -0.2) is 57.4 Å². The van der Waals surface area contributed by atoms with Crippen molar-refractivity contribution in [2.75, 3.05) is 20.2 Å². The molecule has 3 heterocycles. The topological polar surface area (TPSA) is 86.6 Å². The van der Waals surface area contributed by atoms with Crippen LogP contribution in [0.25, 0.3) is 11.0 Å². The van der Waals surface area contributed by atoms with Gasteiger partial charge in [0, 0.05) is 32.0 Å². The number of fused-ring (bicyclic) bond motifs is 2. The van der Waals surface area contributed by atoms with E-state index in [0.717, 1.165) is 11.0 Å². The minimum absolute atomic E-state index is 0.0834. The summed E-state index contributed by atoms with van der Waals surface area (Å²) in [5.74, 6) is 1.18. The number of methoxy groups -OCH3 is 1. The van der Waals surface area contributed by atoms with E-state index in [4.69, 9.17) is 9.47 Å². The molecule has 32 heavy (non-hydrogen) atoms. The number of rotatable bonds is 4. The molecule has 8 heteroatoms. The van der Waals surface area contributed by atoms with Crippen molar-refractivity contribution in [2.45, 2.75) is 38.3 Å². The summed E-state index contributed by atoms with van der Waals surface area (Å²) in [6, 6.07) is 13.0. The number of aromatic nitrogens is 3. The summed E-state index contributed by atoms with van der Waals surface area (Å²) in [5, 5.41) is 8.37. The molecule has 1 aromatic heterocycles. The Balaban J connectivity index is 1.25. The Bertz CT molecular complexity index is 1180. The lowest BCUT2D eigenvalue weighted by atomic mass is 9.82. The van der Waals surface area contributed by atoms with Crippen LogP contribution in [0.5, 0.6) is 11.5 Å². The highest BCUT2D eigenvalue weighted by atomic mass is 16.5. The van der Waals surface area contributed by atoms with E-state index >= 15 is 0 Å². The van der Waals surface area contributed by atoms with Gasteiger partial charge in [-0.05, 0) is 24.3 Å². The first kappa shape index (κ1) is 20.5. The summed E-state index contributed by atoms with van der Waals surface area (Å²) in [6.45, 7) is 3.52. The van der Waals surface area contributed by atoms with E-state index in [-0.39, 0.29) is 17.6 Å². The molecule has 166 valence electrons. The zero-order valence-corrected chi connectivity index (χ0v) is 18.3. The van der Waals surface area contributed by atoms with E-state index < -0.39 is 5.60 Å². The quantitative estimate of drug-likeness (QED) is 0.627. The Morgan fingerprint density at radius 2 is 2.00 bits per heavy atom. The number of nitrogens with zero attached hydrogens (tertiary/aromatic N) is 4. The number of ketones is 1. The van der Waals surface area contributed by atoms with Crippen LogP contribution >= 0.6 is 0 Å². The minimum atomic E-state index is -0.557. The maximum atomic E-state index is 13.1. The van der Waals surface area contributed by atoms with E-state index in [1.165, 1.54) is 0 Å². The highest BCUT2D eigenvalue weighted by molar-refractivity contribution is 6.00. The zero-order chi connectivity index (χ0) is 22.3. The molecule has 2 aliphatic rings. The first-order valence-corrected chi connectivity index (χ1v) is 11.0. The Labute approximate surface area is 186 Å². The molecule has 1 spiro atoms. The van der Waals surface area contributed by atoms with Gasteiger partial charge in [-0.2, -0.15) is 0 Å². The van der Waals surface area contributed by atoms with Crippen LogP contribution in [0.4, 0.5) is 0 Å². The van der Waals surface area contributed by atoms with E-state index in [1.807, 2.05) is 36.1 Å². The molecule has 0 aliphatic carbocycles. The van der Waals surface area contributed by atoms with Crippen LogP contribution in [0.15, 0.2) is 42.5 Å². The highest BCUT2D eigenvalue weighted by Gasteiger charge is 2.44. The molecule has 0 radical (unpaired) electrons. The third-order valence-electron chi connectivity index (χ3n) is 6.57. The van der Waals surface area contributed by atoms with Crippen LogP contribution in [0.3, 0.4) is 0 Å². The summed E-state index contributed by atoms with van der Waals surface area (Å²) >= 11 is 0. The maximum Gasteiger partial charge on any atom is 0.227 e. The maximum absolute atomic E-state index is 13.1. The number of piperidine rings is 1. The second-order valence-electron chi connectivity index (χ2n) is 8.73. The van der Waals surface area contributed by atoms with Gasteiger partial charge < -0.3 is 14.4 Å². The largest absolute Gasteiger partial charge is 0.497 e. The van der Waals surface area contributed by atoms with E-state index in [0.29, 0.717) is 56.0 Å². The molecule has 2 aliphatic heterocycles. The first-order chi connectivity index (χ1) is 15.5. The average Bonchev–Trinajstić information content (AvgIpc) is 3.21. The van der Waals surface area contributed by atoms with E-state index in [1.54, 1.807) is 30.0 Å². The fourth-order valence-corrected chi connectivity index (χ4v) is 4.72. The van der Waals surface area contributed by atoms with Crippen molar-refractivity contribution in [2.24, 2.45) is 5.92 Å². The number of ether oxygens (including phenoxy) is 2. The molecule has 0 unspecified atom stereocenters. The van der Waals surface area contributed by atoms with Gasteiger partial charge in [0.25, 0.3) is 0 Å². The number of hydrogen-bond donors (Lipinski definition) is 0. The van der Waals surface area contributed by atoms with Gasteiger partial charge in [0.1, 0.15) is 22.6 Å². The number of benzene rings is 2. The van der Waals surface area contributed by atoms with Crippen molar-refractivity contribution < 1.29 is 19.1 Å². The summed E-state index contributed by atoms with van der Waals surface area (Å²) < 4.78 is 13.4. The van der Waals surface area contributed by atoms with Gasteiger partial charge >= 0.3 is 0 Å². The van der Waals surface area contributed by atoms with Crippen molar-refractivity contribution in [3.05, 3.63) is 48.0 Å². The number of likely N-dealkylation sites (tertiary alicyclic amines) is 1. The van der Waals surface area contributed by atoms with Crippen LogP contribution in [0.1, 0.15) is 36.5 Å². The molecule has 0 saturated carbocycles. The average molecular weight is 434 g/mol. The van der Waals surface area contributed by atoms with Crippen molar-refractivity contribution in [1.82, 2.24) is 19.9 Å². The van der Waals surface area contributed by atoms with Gasteiger partial charge in [-0.1, -0.05) is 24.3 Å². The van der Waals surface area contributed by atoms with Gasteiger partial charge in [0.05, 0.1) is 37.1 Å². The fourth-order valence-electron chi connectivity index (χ4n) is 4.72. The standard InChI is InChI=1S/C24H26N4O4/c1-16(15-28-20-6-4-3-5-19(20)25-26-28)23(30)27-11-9-24(10-12-27)14-21(29)18-8-7-17(31-2)13-22(18)32-24/h3-8,13,16H,9-12,14-15H2,1-2H3/t16-/m1/s1. The highest BCUT2D eigenvalue weighted by Crippen LogP contribution is 2.41. The Morgan fingerprint density at radius 1 is 1.22 bits per heavy atom. The van der Waals surface area contributed by atoms with E-state index in [2.05, 4.69) is 10.3 Å². The first-order valence-electron chi connectivity index (χ1n) is 11.0. The normalized spacial score (nSPS) is 18.3. The van der Waals surface area contributed by atoms with Crippen LogP contribution in [-0.2, 0) is 11.3 Å². The van der Waals surface area contributed by atoms with Crippen LogP contribution < -0.4 is 9.47 Å². The number of amides is 1. The number of carbonyl (C=O) groups is 2. The Morgan fingerprint density at radius 3 is 2.78 bits per heavy atom. The molecule has 1 fully saturated rings. The zero-order valence-electron chi connectivity index (χ0n) is 18.3. The molecule has 0 N–H and O–H groups in total. The Hall–Kier alpha value is -3.42. The lowest BCUT2D eigenvalue weighted by Gasteiger charge is -2.44. The number of para-hydroxylation sites is 1. The van der Waals surface area contributed by atoms with E-state index in [9.17, 15) is 9.59 Å². The molecule has 2 aromatic carbocycles. The molecular weight excluding hydrogens is 408 g/mol. The van der Waals surface area contributed by atoms with Crippen molar-refractivity contribution in [3.63, 3.8) is 0 Å². The molecule has 1 saturated heterocycles. The summed E-state index contributed by atoms with van der Waals surface area (Å²) in [5.41, 5.74) is 1.79. The summed E-state index contributed by atoms with van der Waals surface area (Å²) in [7, 11) is 1.59. The molecule has 3 aromatic rings. The van der Waals surface area contributed by atoms with Crippen molar-refractivity contribution in [3.8, 4) is 11.5 Å². The summed E-state index contributed by atoms with van der Waals surface area (Å²) in [6.07, 6.45) is 1.59. The molecule has 8 nitrogen and oxygen atoms in total. The smallest absolute Gasteiger partial charge is 0.227 e.